The lowest BCUT2D eigenvalue weighted by atomic mass is 9.96. The highest BCUT2D eigenvalue weighted by Gasteiger charge is 2.52. The number of rotatable bonds is 8. The number of benzene rings is 2. The molecule has 1 saturated carbocycles. The molecule has 1 amide bonds. The summed E-state index contributed by atoms with van der Waals surface area (Å²) in [6.07, 6.45) is 1.48. The fourth-order valence-electron chi connectivity index (χ4n) is 3.22. The Hall–Kier alpha value is -2.91. The molecule has 0 atom stereocenters. The summed E-state index contributed by atoms with van der Waals surface area (Å²) in [4.78, 5) is 24.7. The molecule has 2 aromatic rings. The zero-order valence-corrected chi connectivity index (χ0v) is 17.8. The Morgan fingerprint density at radius 2 is 1.77 bits per heavy atom. The molecule has 0 heterocycles. The average Bonchev–Trinajstić information content (AvgIpc) is 3.56. The Balaban J connectivity index is 1.79. The van der Waals surface area contributed by atoms with Crippen molar-refractivity contribution in [3.63, 3.8) is 0 Å². The minimum Gasteiger partial charge on any atom is -0.495 e. The highest BCUT2D eigenvalue weighted by Crippen LogP contribution is 2.49. The highest BCUT2D eigenvalue weighted by atomic mass is 32.2. The Morgan fingerprint density at radius 3 is 2.30 bits per heavy atom. The van der Waals surface area contributed by atoms with Crippen LogP contribution in [-0.2, 0) is 25.0 Å². The van der Waals surface area contributed by atoms with Gasteiger partial charge in [0.15, 0.2) is 0 Å². The fourth-order valence-corrected chi connectivity index (χ4v) is 4.14. The fraction of sp³-hybridized carbons (Fsp3) is 0.333. The molecule has 0 unspecified atom stereocenters. The monoisotopic (exact) mass is 432 g/mol. The zero-order chi connectivity index (χ0) is 21.9. The lowest BCUT2D eigenvalue weighted by Crippen LogP contribution is -2.23. The van der Waals surface area contributed by atoms with Crippen LogP contribution in [0.5, 0.6) is 5.75 Å². The third kappa shape index (κ3) is 4.17. The first-order valence-corrected chi connectivity index (χ1v) is 11.0. The number of hydrogen-bond donors (Lipinski definition) is 2. The number of carbonyl (C=O) groups is 2. The van der Waals surface area contributed by atoms with Crippen molar-refractivity contribution in [2.24, 2.45) is 0 Å². The Labute approximate surface area is 175 Å². The maximum absolute atomic E-state index is 12.6. The second-order valence-corrected chi connectivity index (χ2v) is 8.76. The van der Waals surface area contributed by atoms with Crippen molar-refractivity contribution >= 4 is 27.6 Å². The summed E-state index contributed by atoms with van der Waals surface area (Å²) in [5, 5.41) is 2.73. The normalized spacial score (nSPS) is 14.6. The third-order valence-electron chi connectivity index (χ3n) is 5.10. The standard InChI is InChI=1S/C21H24N2O6S/c1-4-29-20(25)21(11-12-21)15-6-8-16(9-7-15)23-19(24)14-5-10-17(28-3)18(13-14)30(26,27)22-2/h5-10,13,22H,4,11-12H2,1-3H3,(H,23,24). The van der Waals surface area contributed by atoms with Gasteiger partial charge in [0.1, 0.15) is 10.6 Å². The highest BCUT2D eigenvalue weighted by molar-refractivity contribution is 7.89. The Bertz CT molecular complexity index is 1060. The van der Waals surface area contributed by atoms with Crippen molar-refractivity contribution in [1.82, 2.24) is 4.72 Å². The van der Waals surface area contributed by atoms with Gasteiger partial charge in [-0.05, 0) is 62.7 Å². The summed E-state index contributed by atoms with van der Waals surface area (Å²) in [5.74, 6) is -0.554. The SMILES string of the molecule is CCOC(=O)C1(c2ccc(NC(=O)c3ccc(OC)c(S(=O)(=O)NC)c3)cc2)CC1. The molecule has 2 aromatic carbocycles. The van der Waals surface area contributed by atoms with Crippen LogP contribution in [0.1, 0.15) is 35.7 Å². The molecule has 30 heavy (non-hydrogen) atoms. The van der Waals surface area contributed by atoms with Gasteiger partial charge in [0, 0.05) is 11.3 Å². The van der Waals surface area contributed by atoms with Crippen LogP contribution in [0.15, 0.2) is 47.4 Å². The van der Waals surface area contributed by atoms with Gasteiger partial charge in [-0.3, -0.25) is 9.59 Å². The van der Waals surface area contributed by atoms with E-state index in [9.17, 15) is 18.0 Å². The average molecular weight is 432 g/mol. The molecule has 0 spiro atoms. The molecule has 0 bridgehead atoms. The summed E-state index contributed by atoms with van der Waals surface area (Å²) in [5.41, 5.74) is 0.965. The van der Waals surface area contributed by atoms with E-state index < -0.39 is 21.3 Å². The van der Waals surface area contributed by atoms with E-state index in [0.29, 0.717) is 12.3 Å². The minimum absolute atomic E-state index is 0.124. The van der Waals surface area contributed by atoms with E-state index in [0.717, 1.165) is 18.4 Å². The first-order valence-electron chi connectivity index (χ1n) is 9.48. The molecule has 8 nitrogen and oxygen atoms in total. The number of methoxy groups -OCH3 is 1. The second-order valence-electron chi connectivity index (χ2n) is 6.91. The molecule has 9 heteroatoms. The van der Waals surface area contributed by atoms with Gasteiger partial charge in [-0.2, -0.15) is 0 Å². The van der Waals surface area contributed by atoms with Crippen molar-refractivity contribution in [3.8, 4) is 5.75 Å². The quantitative estimate of drug-likeness (QED) is 0.620. The third-order valence-corrected chi connectivity index (χ3v) is 6.53. The van der Waals surface area contributed by atoms with E-state index in [2.05, 4.69) is 10.0 Å². The largest absolute Gasteiger partial charge is 0.495 e. The van der Waals surface area contributed by atoms with Crippen molar-refractivity contribution in [2.45, 2.75) is 30.1 Å². The van der Waals surface area contributed by atoms with Crippen LogP contribution in [0.2, 0.25) is 0 Å². The molecule has 1 aliphatic carbocycles. The van der Waals surface area contributed by atoms with Crippen LogP contribution < -0.4 is 14.8 Å². The van der Waals surface area contributed by atoms with Crippen molar-refractivity contribution in [1.29, 1.82) is 0 Å². The first kappa shape index (κ1) is 21.8. The van der Waals surface area contributed by atoms with E-state index in [4.69, 9.17) is 9.47 Å². The molecule has 0 radical (unpaired) electrons. The summed E-state index contributed by atoms with van der Waals surface area (Å²) in [6.45, 7) is 2.11. The molecule has 160 valence electrons. The molecular weight excluding hydrogens is 408 g/mol. The number of carbonyl (C=O) groups excluding carboxylic acids is 2. The summed E-state index contributed by atoms with van der Waals surface area (Å²) in [7, 11) is -1.16. The summed E-state index contributed by atoms with van der Waals surface area (Å²) in [6, 6.07) is 11.2. The topological polar surface area (TPSA) is 111 Å². The molecular formula is C21H24N2O6S. The second kappa shape index (κ2) is 8.45. The maximum Gasteiger partial charge on any atom is 0.316 e. The number of ether oxygens (including phenoxy) is 2. The van der Waals surface area contributed by atoms with Gasteiger partial charge in [-0.1, -0.05) is 12.1 Å². The molecule has 0 aromatic heterocycles. The van der Waals surface area contributed by atoms with Gasteiger partial charge in [-0.15, -0.1) is 0 Å². The zero-order valence-electron chi connectivity index (χ0n) is 17.0. The molecule has 1 fully saturated rings. The van der Waals surface area contributed by atoms with Gasteiger partial charge in [0.25, 0.3) is 5.91 Å². The van der Waals surface area contributed by atoms with Crippen LogP contribution in [0, 0.1) is 0 Å². The van der Waals surface area contributed by atoms with Crippen LogP contribution in [0.25, 0.3) is 0 Å². The Morgan fingerprint density at radius 1 is 1.10 bits per heavy atom. The lowest BCUT2D eigenvalue weighted by molar-refractivity contribution is -0.146. The number of anilines is 1. The maximum atomic E-state index is 12.6. The van der Waals surface area contributed by atoms with E-state index in [1.165, 1.54) is 32.4 Å². The number of sulfonamides is 1. The first-order chi connectivity index (χ1) is 14.3. The Kier molecular flexibility index (Phi) is 6.14. The van der Waals surface area contributed by atoms with E-state index in [1.54, 1.807) is 31.2 Å². The van der Waals surface area contributed by atoms with Crippen molar-refractivity contribution in [3.05, 3.63) is 53.6 Å². The van der Waals surface area contributed by atoms with Gasteiger partial charge < -0.3 is 14.8 Å². The van der Waals surface area contributed by atoms with Crippen LogP contribution in [0.4, 0.5) is 5.69 Å². The summed E-state index contributed by atoms with van der Waals surface area (Å²) < 4.78 is 36.9. The van der Waals surface area contributed by atoms with Crippen LogP contribution >= 0.6 is 0 Å². The molecule has 0 saturated heterocycles. The van der Waals surface area contributed by atoms with Crippen molar-refractivity contribution < 1.29 is 27.5 Å². The molecule has 1 aliphatic rings. The molecule has 2 N–H and O–H groups in total. The van der Waals surface area contributed by atoms with E-state index >= 15 is 0 Å². The van der Waals surface area contributed by atoms with Crippen molar-refractivity contribution in [2.75, 3.05) is 26.1 Å². The van der Waals surface area contributed by atoms with Gasteiger partial charge in [0.05, 0.1) is 19.1 Å². The number of nitrogens with one attached hydrogen (secondary N) is 2. The van der Waals surface area contributed by atoms with Crippen LogP contribution in [0.3, 0.4) is 0 Å². The minimum atomic E-state index is -3.80. The van der Waals surface area contributed by atoms with Gasteiger partial charge >= 0.3 is 5.97 Å². The lowest BCUT2D eigenvalue weighted by Gasteiger charge is -2.15. The number of esters is 1. The molecule has 0 aliphatic heterocycles. The number of hydrogen-bond acceptors (Lipinski definition) is 6. The predicted octanol–water partition coefficient (Wildman–Crippen LogP) is 2.45. The smallest absolute Gasteiger partial charge is 0.316 e. The molecule has 3 rings (SSSR count). The van der Waals surface area contributed by atoms with E-state index in [1.807, 2.05) is 0 Å². The van der Waals surface area contributed by atoms with Crippen LogP contribution in [-0.4, -0.2) is 41.1 Å². The van der Waals surface area contributed by atoms with E-state index in [-0.39, 0.29) is 22.2 Å². The summed E-state index contributed by atoms with van der Waals surface area (Å²) >= 11 is 0. The number of amides is 1. The predicted molar refractivity (Wildman–Crippen MR) is 111 cm³/mol. The van der Waals surface area contributed by atoms with Gasteiger partial charge in [0.2, 0.25) is 10.0 Å². The van der Waals surface area contributed by atoms with Gasteiger partial charge in [-0.25, -0.2) is 13.1 Å².